The van der Waals surface area contributed by atoms with Crippen molar-refractivity contribution >= 4 is 168 Å². The molecular formula is C106H78F2N2O2Si2. The molecule has 0 fully saturated rings. The van der Waals surface area contributed by atoms with Gasteiger partial charge in [0, 0.05) is 43.4 Å². The third kappa shape index (κ3) is 11.2. The Bertz CT molecular complexity index is 6410. The Morgan fingerprint density at radius 3 is 0.886 bits per heavy atom. The van der Waals surface area contributed by atoms with Crippen molar-refractivity contribution in [3.05, 3.63) is 411 Å². The molecule has 0 radical (unpaired) electrons. The van der Waals surface area contributed by atoms with Gasteiger partial charge in [0.15, 0.2) is 27.3 Å². The molecule has 0 spiro atoms. The van der Waals surface area contributed by atoms with E-state index in [1.807, 2.05) is 36.4 Å². The van der Waals surface area contributed by atoms with Gasteiger partial charge in [-0.3, -0.25) is 0 Å². The summed E-state index contributed by atoms with van der Waals surface area (Å²) in [4.78, 5) is 4.73. The first-order valence-electron chi connectivity index (χ1n) is 39.4. The summed E-state index contributed by atoms with van der Waals surface area (Å²) in [5.41, 5.74) is 13.4. The summed E-state index contributed by atoms with van der Waals surface area (Å²) in [6.45, 7) is 9.14. The molecule has 0 aliphatic carbocycles. The van der Waals surface area contributed by atoms with Gasteiger partial charge in [0.25, 0.3) is 0 Å². The zero-order valence-corrected chi connectivity index (χ0v) is 65.6. The van der Waals surface area contributed by atoms with Crippen molar-refractivity contribution in [3.63, 3.8) is 0 Å². The van der Waals surface area contributed by atoms with E-state index in [0.29, 0.717) is 22.3 Å². The predicted molar refractivity (Wildman–Crippen MR) is 480 cm³/mol. The van der Waals surface area contributed by atoms with E-state index >= 15 is 8.78 Å². The van der Waals surface area contributed by atoms with Crippen LogP contribution >= 0.6 is 0 Å². The number of hydrogen-bond acceptors (Lipinski definition) is 4. The fourth-order valence-corrected chi connectivity index (χ4v) is 28.4. The van der Waals surface area contributed by atoms with Crippen molar-refractivity contribution in [3.8, 4) is 22.3 Å². The summed E-state index contributed by atoms with van der Waals surface area (Å²) < 4.78 is 49.0. The van der Waals surface area contributed by atoms with Crippen LogP contribution in [-0.2, 0) is 0 Å². The number of rotatable bonds is 18. The molecule has 20 aromatic rings. The van der Waals surface area contributed by atoms with Gasteiger partial charge in [-0.15, -0.1) is 0 Å². The van der Waals surface area contributed by atoms with E-state index in [1.165, 1.54) is 31.1 Å². The lowest BCUT2D eigenvalue weighted by Gasteiger charge is -2.35. The summed E-state index contributed by atoms with van der Waals surface area (Å²) in [6, 6.07) is 138. The van der Waals surface area contributed by atoms with Crippen LogP contribution in [0.15, 0.2) is 397 Å². The molecule has 114 heavy (non-hydrogen) atoms. The number of anilines is 6. The fraction of sp³-hybridized carbons (Fsp3) is 0.0566. The minimum atomic E-state index is -3.11. The number of fused-ring (bicyclic) bond motifs is 6. The van der Waals surface area contributed by atoms with E-state index in [9.17, 15) is 0 Å². The topological polar surface area (TPSA) is 32.8 Å². The van der Waals surface area contributed by atoms with E-state index in [-0.39, 0.29) is 23.5 Å². The van der Waals surface area contributed by atoms with Crippen LogP contribution in [0.4, 0.5) is 42.9 Å². The molecule has 18 aromatic carbocycles. The van der Waals surface area contributed by atoms with Crippen LogP contribution in [0.5, 0.6) is 0 Å². The summed E-state index contributed by atoms with van der Waals surface area (Å²) in [5, 5.41) is 20.0. The predicted octanol–water partition coefficient (Wildman–Crippen LogP) is 23.9. The van der Waals surface area contributed by atoms with Gasteiger partial charge in [0.05, 0.1) is 34.1 Å². The molecule has 2 aromatic heterocycles. The highest BCUT2D eigenvalue weighted by atomic mass is 28.3. The lowest BCUT2D eigenvalue weighted by molar-refractivity contribution is 0.628. The summed E-state index contributed by atoms with van der Waals surface area (Å²) >= 11 is 0. The molecule has 0 bridgehead atoms. The highest BCUT2D eigenvalue weighted by molar-refractivity contribution is 7.20. The monoisotopic (exact) mass is 1500 g/mol. The molecule has 0 saturated carbocycles. The Hall–Kier alpha value is -13.5. The molecule has 2 heterocycles. The Balaban J connectivity index is 0.873. The average Bonchev–Trinajstić information content (AvgIpc) is 0.811. The molecule has 0 aliphatic heterocycles. The Morgan fingerprint density at radius 1 is 0.237 bits per heavy atom. The molecule has 0 N–H and O–H groups in total. The molecular weight excluding hydrogens is 1430 g/mol. The van der Waals surface area contributed by atoms with Gasteiger partial charge in [-0.05, 0) is 170 Å². The van der Waals surface area contributed by atoms with E-state index in [2.05, 4.69) is 365 Å². The maximum absolute atomic E-state index is 17.3. The zero-order valence-electron chi connectivity index (χ0n) is 63.6. The quantitative estimate of drug-likeness (QED) is 0.0487. The van der Waals surface area contributed by atoms with Crippen LogP contribution in [0.2, 0.25) is 0 Å². The summed E-state index contributed by atoms with van der Waals surface area (Å²) in [7, 11) is -6.22. The molecule has 8 heteroatoms. The van der Waals surface area contributed by atoms with E-state index in [0.717, 1.165) is 132 Å². The molecule has 0 atom stereocenters. The van der Waals surface area contributed by atoms with Crippen LogP contribution in [-0.4, -0.2) is 16.1 Å². The first-order valence-corrected chi connectivity index (χ1v) is 43.4. The van der Waals surface area contributed by atoms with E-state index in [4.69, 9.17) is 8.83 Å². The number of hydrogen-bond donors (Lipinski definition) is 0. The van der Waals surface area contributed by atoms with Crippen molar-refractivity contribution in [2.45, 2.75) is 39.5 Å². The molecule has 4 nitrogen and oxygen atoms in total. The van der Waals surface area contributed by atoms with Crippen LogP contribution in [0, 0.1) is 11.6 Å². The summed E-state index contributed by atoms with van der Waals surface area (Å²) in [6.07, 6.45) is 0. The van der Waals surface area contributed by atoms with Crippen LogP contribution in [0.25, 0.3) is 98.4 Å². The van der Waals surface area contributed by atoms with Crippen molar-refractivity contribution in [1.82, 2.24) is 0 Å². The molecule has 0 aliphatic rings. The third-order valence-electron chi connectivity index (χ3n) is 23.8. The van der Waals surface area contributed by atoms with Crippen LogP contribution < -0.4 is 51.3 Å². The second-order valence-electron chi connectivity index (χ2n) is 30.7. The average molecular weight is 1510 g/mol. The van der Waals surface area contributed by atoms with Crippen molar-refractivity contribution in [2.75, 3.05) is 9.80 Å². The minimum Gasteiger partial charge on any atom is -0.454 e. The lowest BCUT2D eigenvalue weighted by atomic mass is 9.83. The first-order chi connectivity index (χ1) is 56.0. The van der Waals surface area contributed by atoms with Gasteiger partial charge in [0.1, 0.15) is 22.8 Å². The van der Waals surface area contributed by atoms with Crippen molar-refractivity contribution in [2.24, 2.45) is 0 Å². The summed E-state index contributed by atoms with van der Waals surface area (Å²) in [5.74, 6) is -0.619. The van der Waals surface area contributed by atoms with Crippen LogP contribution in [0.1, 0.15) is 50.7 Å². The van der Waals surface area contributed by atoms with Gasteiger partial charge in [-0.2, -0.15) is 0 Å². The highest BCUT2D eigenvalue weighted by Gasteiger charge is 2.44. The van der Waals surface area contributed by atoms with Gasteiger partial charge in [0.2, 0.25) is 0 Å². The number of furan rings is 2. The molecule has 546 valence electrons. The Kier molecular flexibility index (Phi) is 17.3. The number of nitrogens with zero attached hydrogens (tertiary/aromatic N) is 2. The van der Waals surface area contributed by atoms with Gasteiger partial charge < -0.3 is 18.6 Å². The van der Waals surface area contributed by atoms with Crippen molar-refractivity contribution < 1.29 is 17.6 Å². The number of benzene rings is 18. The van der Waals surface area contributed by atoms with Gasteiger partial charge in [-0.1, -0.05) is 343 Å². The standard InChI is InChI=1S/C106H78F2N2O2Si2/c1-69(2)83-57-59-89-100(110(98-52-30-50-88-86-48-24-26-54-102(86)112-106(88)98)96-62-56-74(108)66-92(96)72-32-28-46-82(64-72)114(78-39-17-8-18-40-78,79-41-19-9-20-42-79)80-43-21-10-22-44-80)68-94-84(70(3)4)58-60-90-99(67-93(83)103(89)104(90)94)109(97-51-29-49-87-85-47-23-25-53-101(85)111-105(87)97)95-61-55-73(107)65-91(95)71-31-27-45-81(63-71)113(75-33-11-5-12-34-75,76-35-13-6-14-36-76)77-37-15-7-16-38-77/h5-70H,1-4H3. The lowest BCUT2D eigenvalue weighted by Crippen LogP contribution is -2.74. The molecule has 0 saturated heterocycles. The van der Waals surface area contributed by atoms with Crippen molar-refractivity contribution in [1.29, 1.82) is 0 Å². The largest absolute Gasteiger partial charge is 0.454 e. The molecule has 20 rings (SSSR count). The highest BCUT2D eigenvalue weighted by Crippen LogP contribution is 2.56. The molecule has 0 amide bonds. The smallest absolute Gasteiger partial charge is 0.179 e. The Morgan fingerprint density at radius 2 is 0.544 bits per heavy atom. The first kappa shape index (κ1) is 69.7. The zero-order chi connectivity index (χ0) is 76.8. The van der Waals surface area contributed by atoms with E-state index in [1.54, 1.807) is 24.3 Å². The maximum atomic E-state index is 17.3. The normalized spacial score (nSPS) is 12.1. The molecule has 0 unspecified atom stereocenters. The number of para-hydroxylation sites is 4. The van der Waals surface area contributed by atoms with Gasteiger partial charge >= 0.3 is 0 Å². The second kappa shape index (κ2) is 28.4. The fourth-order valence-electron chi connectivity index (χ4n) is 18.8. The Labute approximate surface area is 663 Å². The van der Waals surface area contributed by atoms with E-state index < -0.39 is 16.1 Å². The minimum absolute atomic E-state index is 0.0461. The van der Waals surface area contributed by atoms with Crippen LogP contribution in [0.3, 0.4) is 0 Å². The second-order valence-corrected chi connectivity index (χ2v) is 38.3. The number of halogens is 2. The SMILES string of the molecule is CC(C)c1ccc2c(N(c3ccc(F)cc3-c3cccc([Si](c4ccccc4)(c4ccccc4)c4ccccc4)c3)c3cccc4c3oc3ccccc34)cc3c(C(C)C)ccc4c(N(c5ccc(F)cc5-c5cccc([Si](c6ccccc6)(c6ccccc6)c6ccccc6)c5)c5cccc6c5oc5ccccc56)cc1c2c34. The van der Waals surface area contributed by atoms with Gasteiger partial charge in [-0.25, -0.2) is 8.78 Å². The third-order valence-corrected chi connectivity index (χ3v) is 33.3. The maximum Gasteiger partial charge on any atom is 0.179 e.